The molecule has 1 aliphatic rings. The summed E-state index contributed by atoms with van der Waals surface area (Å²) in [6.45, 7) is 0.617. The average molecular weight is 301 g/mol. The lowest BCUT2D eigenvalue weighted by atomic mass is 10.1. The Bertz CT molecular complexity index is 653. The van der Waals surface area contributed by atoms with Crippen LogP contribution in [-0.2, 0) is 6.54 Å². The minimum atomic E-state index is -0.0180. The standard InChI is InChI=1S/C17H17ClN2O/c18-13-6-9-15(16(19)10-13)17(21)20(14-7-8-14)11-12-4-2-1-3-5-12/h1-6,9-10,14H,7-8,11,19H2. The van der Waals surface area contributed by atoms with Gasteiger partial charge in [-0.25, -0.2) is 0 Å². The van der Waals surface area contributed by atoms with Crippen molar-refractivity contribution in [2.75, 3.05) is 5.73 Å². The number of amides is 1. The van der Waals surface area contributed by atoms with E-state index in [-0.39, 0.29) is 5.91 Å². The fraction of sp³-hybridized carbons (Fsp3) is 0.235. The zero-order valence-corrected chi connectivity index (χ0v) is 12.4. The number of nitrogen functional groups attached to an aromatic ring is 1. The second-order valence-corrected chi connectivity index (χ2v) is 5.82. The Morgan fingerprint density at radius 2 is 1.90 bits per heavy atom. The summed E-state index contributed by atoms with van der Waals surface area (Å²) in [5.41, 5.74) is 8.04. The molecular formula is C17H17ClN2O. The topological polar surface area (TPSA) is 46.3 Å². The zero-order valence-electron chi connectivity index (χ0n) is 11.6. The predicted octanol–water partition coefficient (Wildman–Crippen LogP) is 3.73. The third-order valence-corrected chi connectivity index (χ3v) is 3.92. The van der Waals surface area contributed by atoms with E-state index in [1.54, 1.807) is 18.2 Å². The van der Waals surface area contributed by atoms with Crippen molar-refractivity contribution in [1.29, 1.82) is 0 Å². The first kappa shape index (κ1) is 14.0. The molecule has 0 saturated heterocycles. The highest BCUT2D eigenvalue weighted by Gasteiger charge is 2.33. The number of hydrogen-bond donors (Lipinski definition) is 1. The third-order valence-electron chi connectivity index (χ3n) is 3.69. The first-order chi connectivity index (χ1) is 10.1. The summed E-state index contributed by atoms with van der Waals surface area (Å²) < 4.78 is 0. The summed E-state index contributed by atoms with van der Waals surface area (Å²) >= 11 is 5.90. The molecule has 0 heterocycles. The Hall–Kier alpha value is -2.00. The van der Waals surface area contributed by atoms with Crippen molar-refractivity contribution in [2.24, 2.45) is 0 Å². The molecule has 3 rings (SSSR count). The van der Waals surface area contributed by atoms with Crippen molar-refractivity contribution in [1.82, 2.24) is 4.90 Å². The molecule has 0 aromatic heterocycles. The summed E-state index contributed by atoms with van der Waals surface area (Å²) in [5.74, 6) is -0.0180. The number of carbonyl (C=O) groups is 1. The van der Waals surface area contributed by atoms with Gasteiger partial charge in [-0.05, 0) is 36.6 Å². The van der Waals surface area contributed by atoms with Crippen LogP contribution in [0, 0.1) is 0 Å². The normalized spacial score (nSPS) is 14.0. The Morgan fingerprint density at radius 3 is 2.52 bits per heavy atom. The Morgan fingerprint density at radius 1 is 1.19 bits per heavy atom. The van der Waals surface area contributed by atoms with Crippen molar-refractivity contribution in [3.8, 4) is 0 Å². The number of anilines is 1. The molecule has 0 radical (unpaired) electrons. The molecular weight excluding hydrogens is 284 g/mol. The number of rotatable bonds is 4. The first-order valence-electron chi connectivity index (χ1n) is 7.05. The molecule has 1 fully saturated rings. The minimum Gasteiger partial charge on any atom is -0.398 e. The van der Waals surface area contributed by atoms with E-state index in [9.17, 15) is 4.79 Å². The number of carbonyl (C=O) groups excluding carboxylic acids is 1. The lowest BCUT2D eigenvalue weighted by Gasteiger charge is -2.23. The van der Waals surface area contributed by atoms with Crippen LogP contribution in [0.4, 0.5) is 5.69 Å². The van der Waals surface area contributed by atoms with Crippen LogP contribution in [0.1, 0.15) is 28.8 Å². The van der Waals surface area contributed by atoms with E-state index < -0.39 is 0 Å². The monoisotopic (exact) mass is 300 g/mol. The molecule has 1 amide bonds. The maximum absolute atomic E-state index is 12.8. The van der Waals surface area contributed by atoms with Gasteiger partial charge in [0.05, 0.1) is 5.56 Å². The van der Waals surface area contributed by atoms with Gasteiger partial charge in [0.2, 0.25) is 0 Å². The molecule has 0 atom stereocenters. The van der Waals surface area contributed by atoms with E-state index in [2.05, 4.69) is 0 Å². The smallest absolute Gasteiger partial charge is 0.256 e. The quantitative estimate of drug-likeness (QED) is 0.875. The van der Waals surface area contributed by atoms with Gasteiger partial charge in [0, 0.05) is 23.3 Å². The average Bonchev–Trinajstić information content (AvgIpc) is 3.30. The molecule has 2 N–H and O–H groups in total. The lowest BCUT2D eigenvalue weighted by molar-refractivity contribution is 0.0731. The highest BCUT2D eigenvalue weighted by Crippen LogP contribution is 2.31. The molecule has 0 unspecified atom stereocenters. The highest BCUT2D eigenvalue weighted by molar-refractivity contribution is 6.31. The van der Waals surface area contributed by atoms with E-state index in [0.717, 1.165) is 18.4 Å². The van der Waals surface area contributed by atoms with Crippen molar-refractivity contribution >= 4 is 23.2 Å². The molecule has 4 heteroatoms. The molecule has 1 saturated carbocycles. The fourth-order valence-electron chi connectivity index (χ4n) is 2.42. The van der Waals surface area contributed by atoms with Crippen molar-refractivity contribution < 1.29 is 4.79 Å². The number of benzene rings is 2. The van der Waals surface area contributed by atoms with Crippen LogP contribution in [0.25, 0.3) is 0 Å². The zero-order chi connectivity index (χ0) is 14.8. The van der Waals surface area contributed by atoms with Gasteiger partial charge in [-0.1, -0.05) is 41.9 Å². The van der Waals surface area contributed by atoms with E-state index in [4.69, 9.17) is 17.3 Å². The third kappa shape index (κ3) is 3.19. The summed E-state index contributed by atoms with van der Waals surface area (Å²) in [6.07, 6.45) is 2.12. The van der Waals surface area contributed by atoms with Gasteiger partial charge in [0.1, 0.15) is 0 Å². The van der Waals surface area contributed by atoms with E-state index in [0.29, 0.717) is 28.9 Å². The van der Waals surface area contributed by atoms with Gasteiger partial charge in [-0.3, -0.25) is 4.79 Å². The van der Waals surface area contributed by atoms with Crippen LogP contribution < -0.4 is 5.73 Å². The van der Waals surface area contributed by atoms with Gasteiger partial charge in [0.25, 0.3) is 5.91 Å². The van der Waals surface area contributed by atoms with Crippen LogP contribution in [0.2, 0.25) is 5.02 Å². The van der Waals surface area contributed by atoms with E-state index in [1.807, 2.05) is 35.2 Å². The molecule has 2 aromatic rings. The maximum Gasteiger partial charge on any atom is 0.256 e. The van der Waals surface area contributed by atoms with E-state index >= 15 is 0 Å². The van der Waals surface area contributed by atoms with E-state index in [1.165, 1.54) is 0 Å². The Balaban J connectivity index is 1.85. The number of halogens is 1. The van der Waals surface area contributed by atoms with Crippen molar-refractivity contribution in [3.63, 3.8) is 0 Å². The van der Waals surface area contributed by atoms with Crippen LogP contribution in [-0.4, -0.2) is 16.8 Å². The minimum absolute atomic E-state index is 0.0180. The number of nitrogens with zero attached hydrogens (tertiary/aromatic N) is 1. The summed E-state index contributed by atoms with van der Waals surface area (Å²) in [6, 6.07) is 15.4. The molecule has 0 aliphatic heterocycles. The maximum atomic E-state index is 12.8. The molecule has 3 nitrogen and oxygen atoms in total. The van der Waals surface area contributed by atoms with Crippen LogP contribution >= 0.6 is 11.6 Å². The largest absolute Gasteiger partial charge is 0.398 e. The summed E-state index contributed by atoms with van der Waals surface area (Å²) in [7, 11) is 0. The molecule has 0 bridgehead atoms. The Labute approximate surface area is 129 Å². The van der Waals surface area contributed by atoms with Crippen molar-refractivity contribution in [2.45, 2.75) is 25.4 Å². The number of hydrogen-bond acceptors (Lipinski definition) is 2. The summed E-state index contributed by atoms with van der Waals surface area (Å²) in [4.78, 5) is 14.7. The molecule has 21 heavy (non-hydrogen) atoms. The molecule has 0 spiro atoms. The van der Waals surface area contributed by atoms with Crippen LogP contribution in [0.15, 0.2) is 48.5 Å². The molecule has 1 aliphatic carbocycles. The lowest BCUT2D eigenvalue weighted by Crippen LogP contribution is -2.33. The summed E-state index contributed by atoms with van der Waals surface area (Å²) in [5, 5.41) is 0.546. The van der Waals surface area contributed by atoms with Gasteiger partial charge in [0.15, 0.2) is 0 Å². The first-order valence-corrected chi connectivity index (χ1v) is 7.43. The van der Waals surface area contributed by atoms with Gasteiger partial charge >= 0.3 is 0 Å². The highest BCUT2D eigenvalue weighted by atomic mass is 35.5. The van der Waals surface area contributed by atoms with Crippen LogP contribution in [0.3, 0.4) is 0 Å². The number of nitrogens with two attached hydrogens (primary N) is 1. The van der Waals surface area contributed by atoms with Crippen LogP contribution in [0.5, 0.6) is 0 Å². The van der Waals surface area contributed by atoms with Gasteiger partial charge < -0.3 is 10.6 Å². The fourth-order valence-corrected chi connectivity index (χ4v) is 2.60. The SMILES string of the molecule is Nc1cc(Cl)ccc1C(=O)N(Cc1ccccc1)C1CC1. The second-order valence-electron chi connectivity index (χ2n) is 5.38. The second kappa shape index (κ2) is 5.78. The van der Waals surface area contributed by atoms with Crippen molar-refractivity contribution in [3.05, 3.63) is 64.7 Å². The van der Waals surface area contributed by atoms with Gasteiger partial charge in [-0.2, -0.15) is 0 Å². The Kier molecular flexibility index (Phi) is 3.84. The van der Waals surface area contributed by atoms with Gasteiger partial charge in [-0.15, -0.1) is 0 Å². The molecule has 2 aromatic carbocycles. The molecule has 108 valence electrons. The predicted molar refractivity (Wildman–Crippen MR) is 85.2 cm³/mol.